The maximum absolute atomic E-state index is 12.0. The highest BCUT2D eigenvalue weighted by molar-refractivity contribution is 5.93. The first-order chi connectivity index (χ1) is 9.97. The van der Waals surface area contributed by atoms with Crippen molar-refractivity contribution in [2.24, 2.45) is 0 Å². The molecule has 2 rings (SSSR count). The van der Waals surface area contributed by atoms with Gasteiger partial charge in [-0.3, -0.25) is 14.6 Å². The van der Waals surface area contributed by atoms with E-state index in [1.54, 1.807) is 19.2 Å². The molecule has 21 heavy (non-hydrogen) atoms. The Labute approximate surface area is 125 Å². The van der Waals surface area contributed by atoms with Gasteiger partial charge in [0.2, 0.25) is 5.91 Å². The number of hydrogen-bond acceptors (Lipinski definition) is 4. The van der Waals surface area contributed by atoms with Crippen LogP contribution in [0.5, 0.6) is 0 Å². The smallest absolute Gasteiger partial charge is 0.270 e. The van der Waals surface area contributed by atoms with Crippen LogP contribution in [0, 0.1) is 0 Å². The van der Waals surface area contributed by atoms with Gasteiger partial charge in [0, 0.05) is 51.0 Å². The van der Waals surface area contributed by atoms with Gasteiger partial charge >= 0.3 is 0 Å². The van der Waals surface area contributed by atoms with Gasteiger partial charge in [-0.2, -0.15) is 0 Å². The largest absolute Gasteiger partial charge is 0.368 e. The molecule has 2 heterocycles. The molecule has 0 saturated carbocycles. The summed E-state index contributed by atoms with van der Waals surface area (Å²) in [4.78, 5) is 31.5. The van der Waals surface area contributed by atoms with Crippen molar-refractivity contribution in [3.8, 4) is 0 Å². The van der Waals surface area contributed by atoms with Crippen molar-refractivity contribution in [2.45, 2.75) is 26.8 Å². The fraction of sp³-hybridized carbons (Fsp3) is 0.533. The topological polar surface area (TPSA) is 65.5 Å². The minimum absolute atomic E-state index is 0.0852. The van der Waals surface area contributed by atoms with Crippen LogP contribution in [-0.4, -0.2) is 53.9 Å². The molecule has 1 fully saturated rings. The molecule has 0 bridgehead atoms. The lowest BCUT2D eigenvalue weighted by atomic mass is 10.2. The van der Waals surface area contributed by atoms with E-state index in [0.29, 0.717) is 18.8 Å². The average Bonchev–Trinajstić information content (AvgIpc) is 2.47. The quantitative estimate of drug-likeness (QED) is 0.898. The number of piperazine rings is 1. The third kappa shape index (κ3) is 3.93. The Morgan fingerprint density at radius 1 is 1.24 bits per heavy atom. The van der Waals surface area contributed by atoms with Crippen molar-refractivity contribution in [1.82, 2.24) is 15.2 Å². The Hall–Kier alpha value is -2.11. The number of rotatable bonds is 3. The molecule has 0 unspecified atom stereocenters. The molecule has 1 aliphatic heterocycles. The average molecular weight is 290 g/mol. The molecule has 1 aromatic heterocycles. The predicted molar refractivity (Wildman–Crippen MR) is 81.3 cm³/mol. The van der Waals surface area contributed by atoms with Gasteiger partial charge in [-0.1, -0.05) is 0 Å². The number of hydrogen-bond donors (Lipinski definition) is 1. The number of carbonyl (C=O) groups excluding carboxylic acids is 2. The summed E-state index contributed by atoms with van der Waals surface area (Å²) in [6, 6.07) is 3.79. The second kappa shape index (κ2) is 6.56. The van der Waals surface area contributed by atoms with E-state index in [-0.39, 0.29) is 17.9 Å². The van der Waals surface area contributed by atoms with Gasteiger partial charge in [-0.15, -0.1) is 0 Å². The van der Waals surface area contributed by atoms with E-state index < -0.39 is 0 Å². The van der Waals surface area contributed by atoms with Crippen LogP contribution in [0.3, 0.4) is 0 Å². The summed E-state index contributed by atoms with van der Waals surface area (Å²) >= 11 is 0. The summed E-state index contributed by atoms with van der Waals surface area (Å²) in [5.74, 6) is -0.0457. The van der Waals surface area contributed by atoms with Crippen LogP contribution >= 0.6 is 0 Å². The van der Waals surface area contributed by atoms with Crippen molar-refractivity contribution in [3.63, 3.8) is 0 Å². The van der Waals surface area contributed by atoms with Crippen LogP contribution in [0.2, 0.25) is 0 Å². The molecule has 1 aliphatic rings. The number of carbonyl (C=O) groups is 2. The SMILES string of the molecule is CC(=O)N1CCN(c2ccnc(C(=O)NC(C)C)c2)CC1. The third-order valence-corrected chi connectivity index (χ3v) is 3.49. The summed E-state index contributed by atoms with van der Waals surface area (Å²) in [7, 11) is 0. The Morgan fingerprint density at radius 2 is 1.90 bits per heavy atom. The van der Waals surface area contributed by atoms with Gasteiger partial charge in [-0.25, -0.2) is 0 Å². The molecule has 0 atom stereocenters. The Bertz CT molecular complexity index is 522. The molecule has 1 N–H and O–H groups in total. The highest BCUT2D eigenvalue weighted by atomic mass is 16.2. The van der Waals surface area contributed by atoms with E-state index in [9.17, 15) is 9.59 Å². The first-order valence-electron chi connectivity index (χ1n) is 7.24. The summed E-state index contributed by atoms with van der Waals surface area (Å²) < 4.78 is 0. The van der Waals surface area contributed by atoms with Gasteiger partial charge in [0.1, 0.15) is 5.69 Å². The molecule has 0 aromatic carbocycles. The summed E-state index contributed by atoms with van der Waals surface area (Å²) in [6.07, 6.45) is 1.65. The summed E-state index contributed by atoms with van der Waals surface area (Å²) in [6.45, 7) is 8.40. The number of pyridine rings is 1. The zero-order chi connectivity index (χ0) is 15.4. The molecule has 1 saturated heterocycles. The number of aromatic nitrogens is 1. The van der Waals surface area contributed by atoms with Crippen molar-refractivity contribution in [1.29, 1.82) is 0 Å². The second-order valence-corrected chi connectivity index (χ2v) is 5.52. The van der Waals surface area contributed by atoms with E-state index in [4.69, 9.17) is 0 Å². The molecule has 0 radical (unpaired) electrons. The van der Waals surface area contributed by atoms with Crippen LogP contribution in [0.4, 0.5) is 5.69 Å². The van der Waals surface area contributed by atoms with Crippen LogP contribution < -0.4 is 10.2 Å². The molecule has 1 aromatic rings. The molecule has 6 nitrogen and oxygen atoms in total. The minimum atomic E-state index is -0.158. The molecular formula is C15H22N4O2. The Kier molecular flexibility index (Phi) is 4.77. The monoisotopic (exact) mass is 290 g/mol. The summed E-state index contributed by atoms with van der Waals surface area (Å²) in [5.41, 5.74) is 1.40. The first-order valence-corrected chi connectivity index (χ1v) is 7.24. The first kappa shape index (κ1) is 15.3. The summed E-state index contributed by atoms with van der Waals surface area (Å²) in [5, 5.41) is 2.84. The van der Waals surface area contributed by atoms with Crippen molar-refractivity contribution >= 4 is 17.5 Å². The van der Waals surface area contributed by atoms with Gasteiger partial charge in [0.15, 0.2) is 0 Å². The molecular weight excluding hydrogens is 268 g/mol. The van der Waals surface area contributed by atoms with Gasteiger partial charge in [-0.05, 0) is 26.0 Å². The van der Waals surface area contributed by atoms with Gasteiger partial charge in [0.05, 0.1) is 0 Å². The number of nitrogens with one attached hydrogen (secondary N) is 1. The molecule has 0 aliphatic carbocycles. The lowest BCUT2D eigenvalue weighted by Crippen LogP contribution is -2.48. The predicted octanol–water partition coefficient (Wildman–Crippen LogP) is 0.888. The lowest BCUT2D eigenvalue weighted by Gasteiger charge is -2.35. The molecule has 114 valence electrons. The van der Waals surface area contributed by atoms with Crippen molar-refractivity contribution < 1.29 is 9.59 Å². The van der Waals surface area contributed by atoms with E-state index in [1.807, 2.05) is 24.8 Å². The van der Waals surface area contributed by atoms with Crippen LogP contribution in [0.15, 0.2) is 18.3 Å². The lowest BCUT2D eigenvalue weighted by molar-refractivity contribution is -0.129. The highest BCUT2D eigenvalue weighted by Gasteiger charge is 2.19. The molecule has 6 heteroatoms. The zero-order valence-corrected chi connectivity index (χ0v) is 12.8. The minimum Gasteiger partial charge on any atom is -0.368 e. The van der Waals surface area contributed by atoms with E-state index >= 15 is 0 Å². The van der Waals surface area contributed by atoms with Gasteiger partial charge in [0.25, 0.3) is 5.91 Å². The highest BCUT2D eigenvalue weighted by Crippen LogP contribution is 2.17. The molecule has 0 spiro atoms. The number of amides is 2. The third-order valence-electron chi connectivity index (χ3n) is 3.49. The van der Waals surface area contributed by atoms with Crippen LogP contribution in [-0.2, 0) is 4.79 Å². The van der Waals surface area contributed by atoms with Crippen molar-refractivity contribution in [2.75, 3.05) is 31.1 Å². The van der Waals surface area contributed by atoms with Crippen LogP contribution in [0.25, 0.3) is 0 Å². The fourth-order valence-corrected chi connectivity index (χ4v) is 2.36. The maximum atomic E-state index is 12.0. The van der Waals surface area contributed by atoms with Crippen LogP contribution in [0.1, 0.15) is 31.3 Å². The normalized spacial score (nSPS) is 15.2. The fourth-order valence-electron chi connectivity index (χ4n) is 2.36. The van der Waals surface area contributed by atoms with E-state index in [0.717, 1.165) is 18.8 Å². The number of anilines is 1. The zero-order valence-electron chi connectivity index (χ0n) is 12.8. The Morgan fingerprint density at radius 3 is 2.48 bits per heavy atom. The van der Waals surface area contributed by atoms with E-state index in [1.165, 1.54) is 0 Å². The van der Waals surface area contributed by atoms with Crippen molar-refractivity contribution in [3.05, 3.63) is 24.0 Å². The maximum Gasteiger partial charge on any atom is 0.270 e. The van der Waals surface area contributed by atoms with Gasteiger partial charge < -0.3 is 15.1 Å². The standard InChI is InChI=1S/C15H22N4O2/c1-11(2)17-15(21)14-10-13(4-5-16-14)19-8-6-18(7-9-19)12(3)20/h4-5,10-11H,6-9H2,1-3H3,(H,17,21). The molecule has 2 amide bonds. The Balaban J connectivity index is 2.05. The second-order valence-electron chi connectivity index (χ2n) is 5.52. The van der Waals surface area contributed by atoms with E-state index in [2.05, 4.69) is 15.2 Å². The number of nitrogens with zero attached hydrogens (tertiary/aromatic N) is 3.